The van der Waals surface area contributed by atoms with E-state index in [1.165, 1.54) is 0 Å². The molecule has 4 N–H and O–H groups in total. The summed E-state index contributed by atoms with van der Waals surface area (Å²) in [5, 5.41) is 8.91. The summed E-state index contributed by atoms with van der Waals surface area (Å²) < 4.78 is 0. The Kier molecular flexibility index (Phi) is 1.40. The van der Waals surface area contributed by atoms with Crippen LogP contribution in [0.1, 0.15) is 5.56 Å². The number of rotatable bonds is 0. The maximum absolute atomic E-state index is 8.91. The summed E-state index contributed by atoms with van der Waals surface area (Å²) in [7, 11) is 0. The summed E-state index contributed by atoms with van der Waals surface area (Å²) in [6.07, 6.45) is 0. The van der Waals surface area contributed by atoms with Crippen LogP contribution in [0.3, 0.4) is 0 Å². The molecule has 0 unspecified atom stereocenters. The number of hydrogen-bond donors (Lipinski definition) is 2. The maximum atomic E-state index is 8.91. The van der Waals surface area contributed by atoms with Crippen LogP contribution >= 0.6 is 0 Å². The summed E-state index contributed by atoms with van der Waals surface area (Å²) in [6.45, 7) is 1.92. The number of phenolic OH excluding ortho intramolecular Hbond substituents is 1. The lowest BCUT2D eigenvalue weighted by atomic mass is 10.2. The molecule has 48 valence electrons. The van der Waals surface area contributed by atoms with Gasteiger partial charge in [-0.05, 0) is 19.1 Å². The molecule has 0 saturated carbocycles. The van der Waals surface area contributed by atoms with Gasteiger partial charge in [0, 0.05) is 11.6 Å². The van der Waals surface area contributed by atoms with E-state index in [-0.39, 0.29) is 0 Å². The average molecular weight is 124 g/mol. The summed E-state index contributed by atoms with van der Waals surface area (Å²) >= 11 is 0. The second kappa shape index (κ2) is 2.07. The van der Waals surface area contributed by atoms with Gasteiger partial charge in [0.15, 0.2) is 0 Å². The van der Waals surface area contributed by atoms with Crippen LogP contribution in [0.4, 0.5) is 5.69 Å². The van der Waals surface area contributed by atoms with Crippen LogP contribution in [0.25, 0.3) is 0 Å². The molecule has 0 saturated heterocycles. The van der Waals surface area contributed by atoms with Crippen LogP contribution in [-0.4, -0.2) is 5.11 Å². The summed E-state index contributed by atoms with van der Waals surface area (Å²) in [5.41, 5.74) is 5.74. The van der Waals surface area contributed by atoms with Crippen LogP contribution < -0.4 is 5.73 Å². The summed E-state index contributed by atoms with van der Waals surface area (Å²) in [6, 6.07) is 5.13. The van der Waals surface area contributed by atoms with Crippen LogP contribution in [0.5, 0.6) is 5.75 Å². The fraction of sp³-hybridized carbons (Fsp3) is 0.143. The molecule has 0 bridgehead atoms. The second-order valence-corrected chi connectivity index (χ2v) is 2.11. The Morgan fingerprint density at radius 2 is 2.11 bits per heavy atom. The van der Waals surface area contributed by atoms with E-state index < -0.39 is 0 Å². The third-order valence-electron chi connectivity index (χ3n) is 1.33. The minimum Gasteiger partial charge on any atom is -0.508 e. The second-order valence-electron chi connectivity index (χ2n) is 2.11. The molecule has 0 aliphatic rings. The number of phenols is 1. The Labute approximate surface area is 53.9 Å². The molecule has 0 aromatic heterocycles. The lowest BCUT2D eigenvalue weighted by Crippen LogP contribution is -2.40. The standard InChI is InChI=1S/C7H9NO/c1-5-4-6(9)2-3-7(5)8/h2-4,9H,8H2,1H3/p+1. The fourth-order valence-corrected chi connectivity index (χ4v) is 0.680. The Morgan fingerprint density at radius 3 is 2.56 bits per heavy atom. The Bertz CT molecular complexity index is 220. The van der Waals surface area contributed by atoms with Gasteiger partial charge in [-0.15, -0.1) is 0 Å². The van der Waals surface area contributed by atoms with Gasteiger partial charge < -0.3 is 10.8 Å². The average Bonchev–Trinajstić information content (AvgIpc) is 1.80. The van der Waals surface area contributed by atoms with E-state index in [0.29, 0.717) is 5.75 Å². The van der Waals surface area contributed by atoms with Gasteiger partial charge in [0.05, 0.1) is 0 Å². The van der Waals surface area contributed by atoms with Crippen molar-refractivity contribution in [2.45, 2.75) is 6.92 Å². The lowest BCUT2D eigenvalue weighted by Gasteiger charge is -1.94. The molecule has 0 spiro atoms. The molecule has 0 fully saturated rings. The van der Waals surface area contributed by atoms with Gasteiger partial charge in [-0.2, -0.15) is 0 Å². The van der Waals surface area contributed by atoms with Crippen molar-refractivity contribution in [2.24, 2.45) is 0 Å². The van der Waals surface area contributed by atoms with Gasteiger partial charge in [-0.3, -0.25) is 0 Å². The number of aromatic hydroxyl groups is 1. The smallest absolute Gasteiger partial charge is 0.131 e. The van der Waals surface area contributed by atoms with Crippen LogP contribution in [0.15, 0.2) is 18.2 Å². The highest BCUT2D eigenvalue weighted by Gasteiger charge is 1.95. The van der Waals surface area contributed by atoms with Crippen molar-refractivity contribution in [3.8, 4) is 5.75 Å². The van der Waals surface area contributed by atoms with Crippen molar-refractivity contribution in [2.75, 3.05) is 0 Å². The van der Waals surface area contributed by atoms with Gasteiger partial charge in [0.2, 0.25) is 0 Å². The zero-order valence-corrected chi connectivity index (χ0v) is 5.39. The summed E-state index contributed by atoms with van der Waals surface area (Å²) in [5.74, 6) is 0.305. The molecular weight excluding hydrogens is 114 g/mol. The quantitative estimate of drug-likeness (QED) is 0.522. The van der Waals surface area contributed by atoms with E-state index in [9.17, 15) is 0 Å². The first-order valence-corrected chi connectivity index (χ1v) is 2.82. The molecule has 1 rings (SSSR count). The van der Waals surface area contributed by atoms with E-state index in [1.807, 2.05) is 6.92 Å². The van der Waals surface area contributed by atoms with Gasteiger partial charge in [-0.1, -0.05) is 0 Å². The molecule has 0 atom stereocenters. The van der Waals surface area contributed by atoms with Gasteiger partial charge in [0.1, 0.15) is 11.4 Å². The number of benzene rings is 1. The van der Waals surface area contributed by atoms with E-state index in [0.717, 1.165) is 11.3 Å². The van der Waals surface area contributed by atoms with E-state index in [1.54, 1.807) is 18.2 Å². The molecule has 1 aromatic rings. The lowest BCUT2D eigenvalue weighted by molar-refractivity contribution is -0.255. The molecule has 9 heavy (non-hydrogen) atoms. The Morgan fingerprint density at radius 1 is 1.44 bits per heavy atom. The molecule has 0 radical (unpaired) electrons. The van der Waals surface area contributed by atoms with Crippen LogP contribution in [-0.2, 0) is 0 Å². The highest BCUT2D eigenvalue weighted by atomic mass is 16.3. The molecule has 0 heterocycles. The van der Waals surface area contributed by atoms with E-state index in [4.69, 9.17) is 5.11 Å². The van der Waals surface area contributed by atoms with Crippen molar-refractivity contribution in [3.05, 3.63) is 23.8 Å². The van der Waals surface area contributed by atoms with Gasteiger partial charge in [-0.25, -0.2) is 0 Å². The first kappa shape index (κ1) is 6.11. The van der Waals surface area contributed by atoms with Crippen molar-refractivity contribution in [1.82, 2.24) is 0 Å². The summed E-state index contributed by atoms with van der Waals surface area (Å²) in [4.78, 5) is 0. The SMILES string of the molecule is Cc1cc(O)ccc1[NH3+]. The van der Waals surface area contributed by atoms with Crippen molar-refractivity contribution in [3.63, 3.8) is 0 Å². The molecule has 2 nitrogen and oxygen atoms in total. The minimum atomic E-state index is 0.305. The van der Waals surface area contributed by atoms with Crippen molar-refractivity contribution in [1.29, 1.82) is 0 Å². The van der Waals surface area contributed by atoms with E-state index in [2.05, 4.69) is 5.73 Å². The zero-order chi connectivity index (χ0) is 6.85. The number of aryl methyl sites for hydroxylation is 1. The zero-order valence-electron chi connectivity index (χ0n) is 5.39. The van der Waals surface area contributed by atoms with Crippen LogP contribution in [0, 0.1) is 6.92 Å². The largest absolute Gasteiger partial charge is 0.508 e. The minimum absolute atomic E-state index is 0.305. The molecular formula is C7H10NO+. The third kappa shape index (κ3) is 1.21. The molecule has 1 aromatic carbocycles. The first-order valence-electron chi connectivity index (χ1n) is 2.82. The third-order valence-corrected chi connectivity index (χ3v) is 1.33. The van der Waals surface area contributed by atoms with Gasteiger partial charge in [0.25, 0.3) is 0 Å². The van der Waals surface area contributed by atoms with E-state index >= 15 is 0 Å². The predicted molar refractivity (Wildman–Crippen MR) is 35.4 cm³/mol. The molecule has 0 amide bonds. The normalized spacial score (nSPS) is 9.56. The molecule has 0 aliphatic carbocycles. The van der Waals surface area contributed by atoms with Gasteiger partial charge >= 0.3 is 0 Å². The molecule has 2 heteroatoms. The monoisotopic (exact) mass is 124 g/mol. The fourth-order valence-electron chi connectivity index (χ4n) is 0.680. The molecule has 0 aliphatic heterocycles. The first-order chi connectivity index (χ1) is 4.20. The number of quaternary nitrogens is 1. The highest BCUT2D eigenvalue weighted by molar-refractivity contribution is 5.42. The Balaban J connectivity index is 3.17. The Hall–Kier alpha value is -1.02. The van der Waals surface area contributed by atoms with Crippen LogP contribution in [0.2, 0.25) is 0 Å². The van der Waals surface area contributed by atoms with Crippen molar-refractivity contribution >= 4 is 5.69 Å². The predicted octanol–water partition coefficient (Wildman–Crippen LogP) is 0.574. The van der Waals surface area contributed by atoms with Crippen molar-refractivity contribution < 1.29 is 10.8 Å². The number of hydrogen-bond acceptors (Lipinski definition) is 1. The maximum Gasteiger partial charge on any atom is 0.131 e. The highest BCUT2D eigenvalue weighted by Crippen LogP contribution is 2.14. The topological polar surface area (TPSA) is 47.9 Å².